The number of halogens is 1. The standard InChI is InChI=1S/C14H18ClN5OS2/c1-2-20-14(17-18-19-20)23-10-13(21)16-7-8-22-9-11-3-5-12(15)6-4-11/h3-6H,2,7-10H2,1H3,(H,16,21). The molecule has 9 heteroatoms. The van der Waals surface area contributed by atoms with E-state index in [1.165, 1.54) is 17.3 Å². The van der Waals surface area contributed by atoms with Gasteiger partial charge in [-0.15, -0.1) is 5.10 Å². The van der Waals surface area contributed by atoms with Crippen LogP contribution in [0.1, 0.15) is 12.5 Å². The van der Waals surface area contributed by atoms with Gasteiger partial charge in [0.25, 0.3) is 0 Å². The highest BCUT2D eigenvalue weighted by atomic mass is 35.5. The average Bonchev–Trinajstić information content (AvgIpc) is 3.02. The molecule has 0 unspecified atom stereocenters. The number of aromatic nitrogens is 4. The van der Waals surface area contributed by atoms with Crippen molar-refractivity contribution < 1.29 is 4.79 Å². The summed E-state index contributed by atoms with van der Waals surface area (Å²) in [5.41, 5.74) is 1.23. The first kappa shape index (κ1) is 18.1. The van der Waals surface area contributed by atoms with Crippen LogP contribution in [0.5, 0.6) is 0 Å². The summed E-state index contributed by atoms with van der Waals surface area (Å²) in [5, 5.41) is 15.6. The van der Waals surface area contributed by atoms with Crippen molar-refractivity contribution in [2.75, 3.05) is 18.1 Å². The van der Waals surface area contributed by atoms with E-state index in [0.29, 0.717) is 24.0 Å². The van der Waals surface area contributed by atoms with Crippen LogP contribution >= 0.6 is 35.1 Å². The molecule has 124 valence electrons. The maximum atomic E-state index is 11.8. The fraction of sp³-hybridized carbons (Fsp3) is 0.429. The third-order valence-corrected chi connectivity index (χ3v) is 5.12. The average molecular weight is 372 g/mol. The van der Waals surface area contributed by atoms with Gasteiger partial charge in [-0.25, -0.2) is 4.68 Å². The number of carbonyl (C=O) groups is 1. The van der Waals surface area contributed by atoms with Gasteiger partial charge in [0, 0.05) is 29.6 Å². The Hall–Kier alpha value is -1.25. The van der Waals surface area contributed by atoms with E-state index in [0.717, 1.165) is 16.5 Å². The summed E-state index contributed by atoms with van der Waals surface area (Å²) in [4.78, 5) is 11.8. The maximum absolute atomic E-state index is 11.8. The van der Waals surface area contributed by atoms with Gasteiger partial charge in [-0.2, -0.15) is 11.8 Å². The number of aryl methyl sites for hydroxylation is 1. The van der Waals surface area contributed by atoms with Crippen molar-refractivity contribution in [3.63, 3.8) is 0 Å². The molecule has 1 amide bonds. The highest BCUT2D eigenvalue weighted by molar-refractivity contribution is 7.99. The molecule has 0 radical (unpaired) electrons. The Morgan fingerprint density at radius 3 is 2.87 bits per heavy atom. The van der Waals surface area contributed by atoms with Gasteiger partial charge >= 0.3 is 0 Å². The Bertz CT molecular complexity index is 620. The SMILES string of the molecule is CCn1nnnc1SCC(=O)NCCSCc1ccc(Cl)cc1. The summed E-state index contributed by atoms with van der Waals surface area (Å²) < 4.78 is 1.67. The van der Waals surface area contributed by atoms with Crippen LogP contribution in [0.4, 0.5) is 0 Å². The molecule has 23 heavy (non-hydrogen) atoms. The zero-order chi connectivity index (χ0) is 16.5. The molecule has 0 atom stereocenters. The fourth-order valence-corrected chi connectivity index (χ4v) is 3.43. The van der Waals surface area contributed by atoms with Gasteiger partial charge in [0.1, 0.15) is 0 Å². The van der Waals surface area contributed by atoms with Crippen LogP contribution in [0.2, 0.25) is 5.02 Å². The van der Waals surface area contributed by atoms with Crippen LogP contribution in [0.25, 0.3) is 0 Å². The summed E-state index contributed by atoms with van der Waals surface area (Å²) in [7, 11) is 0. The van der Waals surface area contributed by atoms with E-state index in [2.05, 4.69) is 20.8 Å². The predicted molar refractivity (Wildman–Crippen MR) is 94.8 cm³/mol. The van der Waals surface area contributed by atoms with E-state index >= 15 is 0 Å². The zero-order valence-corrected chi connectivity index (χ0v) is 15.1. The highest BCUT2D eigenvalue weighted by Crippen LogP contribution is 2.15. The minimum Gasteiger partial charge on any atom is -0.355 e. The van der Waals surface area contributed by atoms with Crippen LogP contribution in [0, 0.1) is 0 Å². The van der Waals surface area contributed by atoms with Crippen molar-refractivity contribution in [3.8, 4) is 0 Å². The lowest BCUT2D eigenvalue weighted by molar-refractivity contribution is -0.118. The molecule has 1 aromatic carbocycles. The van der Waals surface area contributed by atoms with Crippen LogP contribution < -0.4 is 5.32 Å². The first-order valence-corrected chi connectivity index (χ1v) is 9.68. The molecule has 0 saturated heterocycles. The predicted octanol–water partition coefficient (Wildman–Crippen LogP) is 2.49. The van der Waals surface area contributed by atoms with Crippen molar-refractivity contribution in [2.24, 2.45) is 0 Å². The molecule has 0 bridgehead atoms. The van der Waals surface area contributed by atoms with Gasteiger partial charge in [0.15, 0.2) is 0 Å². The van der Waals surface area contributed by atoms with Crippen LogP contribution in [0.15, 0.2) is 29.4 Å². The van der Waals surface area contributed by atoms with E-state index < -0.39 is 0 Å². The number of nitrogens with zero attached hydrogens (tertiary/aromatic N) is 4. The molecule has 0 saturated carbocycles. The Kier molecular flexibility index (Phi) is 7.70. The molecule has 0 aliphatic carbocycles. The molecule has 2 rings (SSSR count). The number of nitrogens with one attached hydrogen (secondary N) is 1. The number of tetrazole rings is 1. The molecule has 0 spiro atoms. The number of rotatable bonds is 9. The quantitative estimate of drug-likeness (QED) is 0.539. The summed E-state index contributed by atoms with van der Waals surface area (Å²) in [6, 6.07) is 7.81. The monoisotopic (exact) mass is 371 g/mol. The van der Waals surface area contributed by atoms with Crippen molar-refractivity contribution in [1.29, 1.82) is 0 Å². The van der Waals surface area contributed by atoms with E-state index in [1.807, 2.05) is 31.2 Å². The van der Waals surface area contributed by atoms with Crippen LogP contribution in [-0.2, 0) is 17.1 Å². The van der Waals surface area contributed by atoms with E-state index in [4.69, 9.17) is 11.6 Å². The molecule has 1 heterocycles. The first-order valence-electron chi connectivity index (χ1n) is 7.17. The summed E-state index contributed by atoms with van der Waals surface area (Å²) in [6.45, 7) is 3.30. The molecule has 0 fully saturated rings. The van der Waals surface area contributed by atoms with Gasteiger partial charge in [0.2, 0.25) is 11.1 Å². The Morgan fingerprint density at radius 1 is 1.35 bits per heavy atom. The van der Waals surface area contributed by atoms with E-state index in [9.17, 15) is 4.79 Å². The summed E-state index contributed by atoms with van der Waals surface area (Å²) >= 11 is 8.96. The van der Waals surface area contributed by atoms with E-state index in [-0.39, 0.29) is 5.91 Å². The van der Waals surface area contributed by atoms with Gasteiger partial charge in [0.05, 0.1) is 5.75 Å². The second-order valence-corrected chi connectivity index (χ2v) is 7.08. The Morgan fingerprint density at radius 2 is 2.13 bits per heavy atom. The highest BCUT2D eigenvalue weighted by Gasteiger charge is 2.08. The third-order valence-electron chi connectivity index (χ3n) is 2.88. The Balaban J connectivity index is 1.57. The number of thioether (sulfide) groups is 2. The third kappa shape index (κ3) is 6.40. The number of hydrogen-bond acceptors (Lipinski definition) is 6. The van der Waals surface area contributed by atoms with Crippen molar-refractivity contribution in [2.45, 2.75) is 24.4 Å². The molecular formula is C14H18ClN5OS2. The molecule has 2 aromatic rings. The minimum atomic E-state index is -0.00672. The second kappa shape index (κ2) is 9.79. The lowest BCUT2D eigenvalue weighted by Crippen LogP contribution is -2.27. The summed E-state index contributed by atoms with van der Waals surface area (Å²) in [6.07, 6.45) is 0. The largest absolute Gasteiger partial charge is 0.355 e. The molecule has 0 aliphatic rings. The van der Waals surface area contributed by atoms with Crippen molar-refractivity contribution in [3.05, 3.63) is 34.9 Å². The van der Waals surface area contributed by atoms with Gasteiger partial charge in [-0.05, 0) is 35.0 Å². The van der Waals surface area contributed by atoms with Crippen LogP contribution in [-0.4, -0.2) is 44.2 Å². The first-order chi connectivity index (χ1) is 11.2. The molecule has 6 nitrogen and oxygen atoms in total. The molecule has 1 aromatic heterocycles. The maximum Gasteiger partial charge on any atom is 0.230 e. The number of amides is 1. The number of benzene rings is 1. The number of carbonyl (C=O) groups excluding carboxylic acids is 1. The van der Waals surface area contributed by atoms with Crippen molar-refractivity contribution >= 4 is 41.0 Å². The Labute approximate surface area is 148 Å². The van der Waals surface area contributed by atoms with Gasteiger partial charge in [-0.3, -0.25) is 4.79 Å². The van der Waals surface area contributed by atoms with Crippen molar-refractivity contribution in [1.82, 2.24) is 25.5 Å². The zero-order valence-electron chi connectivity index (χ0n) is 12.7. The molecular weight excluding hydrogens is 354 g/mol. The fourth-order valence-electron chi connectivity index (χ4n) is 1.71. The summed E-state index contributed by atoms with van der Waals surface area (Å²) in [5.74, 6) is 2.09. The normalized spacial score (nSPS) is 10.7. The van der Waals surface area contributed by atoms with Gasteiger partial charge in [-0.1, -0.05) is 35.5 Å². The van der Waals surface area contributed by atoms with E-state index in [1.54, 1.807) is 16.4 Å². The lowest BCUT2D eigenvalue weighted by Gasteiger charge is -2.05. The second-order valence-electron chi connectivity index (χ2n) is 4.59. The molecule has 1 N–H and O–H groups in total. The lowest BCUT2D eigenvalue weighted by atomic mass is 10.2. The molecule has 0 aliphatic heterocycles. The topological polar surface area (TPSA) is 72.7 Å². The number of hydrogen-bond donors (Lipinski definition) is 1. The van der Waals surface area contributed by atoms with Gasteiger partial charge < -0.3 is 5.32 Å². The smallest absolute Gasteiger partial charge is 0.230 e. The minimum absolute atomic E-state index is 0.00672. The van der Waals surface area contributed by atoms with Crippen LogP contribution in [0.3, 0.4) is 0 Å².